The SMILES string of the molecule is COc1cc(CC(C)(C)N)c(O)c(C(C)(C)C)c1. The molecule has 0 aliphatic heterocycles. The average molecular weight is 251 g/mol. The van der Waals surface area contributed by atoms with Crippen molar-refractivity contribution in [3.05, 3.63) is 23.3 Å². The molecule has 1 aromatic rings. The third kappa shape index (κ3) is 3.64. The van der Waals surface area contributed by atoms with Crippen molar-refractivity contribution in [2.75, 3.05) is 7.11 Å². The van der Waals surface area contributed by atoms with Crippen molar-refractivity contribution in [3.63, 3.8) is 0 Å². The second-order valence-electron chi connectivity index (χ2n) is 6.60. The molecule has 3 heteroatoms. The van der Waals surface area contributed by atoms with Crippen LogP contribution in [0.3, 0.4) is 0 Å². The van der Waals surface area contributed by atoms with Crippen LogP contribution in [-0.4, -0.2) is 17.8 Å². The van der Waals surface area contributed by atoms with Crippen LogP contribution in [0.15, 0.2) is 12.1 Å². The second-order valence-corrected chi connectivity index (χ2v) is 6.60. The van der Waals surface area contributed by atoms with E-state index in [0.717, 1.165) is 16.9 Å². The van der Waals surface area contributed by atoms with Gasteiger partial charge in [-0.25, -0.2) is 0 Å². The van der Waals surface area contributed by atoms with Gasteiger partial charge < -0.3 is 15.6 Å². The predicted octanol–water partition coefficient (Wildman–Crippen LogP) is 2.98. The molecule has 0 aliphatic carbocycles. The van der Waals surface area contributed by atoms with Crippen LogP contribution in [0.5, 0.6) is 11.5 Å². The van der Waals surface area contributed by atoms with Gasteiger partial charge in [-0.05, 0) is 43.4 Å². The highest BCUT2D eigenvalue weighted by Crippen LogP contribution is 2.37. The molecular weight excluding hydrogens is 226 g/mol. The number of phenolic OH excluding ortho intramolecular Hbond substituents is 1. The lowest BCUT2D eigenvalue weighted by Crippen LogP contribution is -2.34. The molecular formula is C15H25NO2. The highest BCUT2D eigenvalue weighted by atomic mass is 16.5. The van der Waals surface area contributed by atoms with Crippen LogP contribution in [0.4, 0.5) is 0 Å². The van der Waals surface area contributed by atoms with Crippen LogP contribution in [-0.2, 0) is 11.8 Å². The van der Waals surface area contributed by atoms with Gasteiger partial charge >= 0.3 is 0 Å². The molecule has 0 spiro atoms. The van der Waals surface area contributed by atoms with Crippen LogP contribution in [0, 0.1) is 0 Å². The lowest BCUT2D eigenvalue weighted by molar-refractivity contribution is 0.398. The third-order valence-corrected chi connectivity index (χ3v) is 2.85. The predicted molar refractivity (Wildman–Crippen MR) is 75.3 cm³/mol. The summed E-state index contributed by atoms with van der Waals surface area (Å²) in [4.78, 5) is 0. The third-order valence-electron chi connectivity index (χ3n) is 2.85. The normalized spacial score (nSPS) is 12.6. The van der Waals surface area contributed by atoms with Gasteiger partial charge in [-0.1, -0.05) is 20.8 Å². The van der Waals surface area contributed by atoms with Gasteiger partial charge in [0.05, 0.1) is 7.11 Å². The highest BCUT2D eigenvalue weighted by Gasteiger charge is 2.24. The van der Waals surface area contributed by atoms with Crippen LogP contribution in [0.2, 0.25) is 0 Å². The maximum Gasteiger partial charge on any atom is 0.122 e. The minimum Gasteiger partial charge on any atom is -0.507 e. The van der Waals surface area contributed by atoms with E-state index in [1.165, 1.54) is 0 Å². The van der Waals surface area contributed by atoms with E-state index in [1.54, 1.807) is 7.11 Å². The van der Waals surface area contributed by atoms with E-state index < -0.39 is 0 Å². The fraction of sp³-hybridized carbons (Fsp3) is 0.600. The summed E-state index contributed by atoms with van der Waals surface area (Å²) in [5.41, 5.74) is 7.27. The molecule has 18 heavy (non-hydrogen) atoms. The number of benzene rings is 1. The van der Waals surface area contributed by atoms with Gasteiger partial charge in [0.25, 0.3) is 0 Å². The summed E-state index contributed by atoms with van der Waals surface area (Å²) < 4.78 is 5.31. The molecule has 0 aliphatic rings. The largest absolute Gasteiger partial charge is 0.507 e. The molecule has 0 fully saturated rings. The lowest BCUT2D eigenvalue weighted by atomic mass is 9.83. The standard InChI is InChI=1S/C15H25NO2/c1-14(2,3)12-8-11(18-6)7-10(13(12)17)9-15(4,5)16/h7-8,17H,9,16H2,1-6H3. The molecule has 0 saturated carbocycles. The summed E-state index contributed by atoms with van der Waals surface area (Å²) in [6.07, 6.45) is 0.610. The number of rotatable bonds is 3. The molecule has 0 bridgehead atoms. The number of nitrogens with two attached hydrogens (primary N) is 1. The van der Waals surface area contributed by atoms with E-state index in [1.807, 2.05) is 26.0 Å². The molecule has 0 radical (unpaired) electrons. The Hall–Kier alpha value is -1.22. The van der Waals surface area contributed by atoms with Gasteiger partial charge in [0, 0.05) is 11.1 Å². The van der Waals surface area contributed by atoms with Crippen molar-refractivity contribution in [3.8, 4) is 11.5 Å². The molecule has 0 heterocycles. The summed E-state index contributed by atoms with van der Waals surface area (Å²) in [7, 11) is 1.64. The number of phenols is 1. The van der Waals surface area contributed by atoms with E-state index >= 15 is 0 Å². The fourth-order valence-corrected chi connectivity index (χ4v) is 1.98. The van der Waals surface area contributed by atoms with Crippen molar-refractivity contribution in [2.45, 2.75) is 52.0 Å². The average Bonchev–Trinajstić information content (AvgIpc) is 2.17. The zero-order valence-corrected chi connectivity index (χ0v) is 12.3. The Kier molecular flexibility index (Phi) is 3.96. The highest BCUT2D eigenvalue weighted by molar-refractivity contribution is 5.49. The Bertz CT molecular complexity index is 425. The first-order valence-corrected chi connectivity index (χ1v) is 6.24. The number of methoxy groups -OCH3 is 1. The minimum absolute atomic E-state index is 0.133. The molecule has 102 valence electrons. The zero-order valence-electron chi connectivity index (χ0n) is 12.3. The van der Waals surface area contributed by atoms with E-state index in [2.05, 4.69) is 20.8 Å². The quantitative estimate of drug-likeness (QED) is 0.868. The van der Waals surface area contributed by atoms with Crippen LogP contribution in [0.25, 0.3) is 0 Å². The number of aromatic hydroxyl groups is 1. The maximum atomic E-state index is 10.4. The first-order chi connectivity index (χ1) is 8.04. The molecule has 0 atom stereocenters. The summed E-state index contributed by atoms with van der Waals surface area (Å²) in [5, 5.41) is 10.4. The summed E-state index contributed by atoms with van der Waals surface area (Å²) in [6, 6.07) is 3.75. The van der Waals surface area contributed by atoms with Crippen molar-refractivity contribution in [1.29, 1.82) is 0 Å². The monoisotopic (exact) mass is 251 g/mol. The first-order valence-electron chi connectivity index (χ1n) is 6.24. The Morgan fingerprint density at radius 3 is 2.11 bits per heavy atom. The van der Waals surface area contributed by atoms with Crippen LogP contribution >= 0.6 is 0 Å². The topological polar surface area (TPSA) is 55.5 Å². The van der Waals surface area contributed by atoms with Crippen LogP contribution in [0.1, 0.15) is 45.7 Å². The molecule has 0 aromatic heterocycles. The maximum absolute atomic E-state index is 10.4. The van der Waals surface area contributed by atoms with E-state index in [9.17, 15) is 5.11 Å². The van der Waals surface area contributed by atoms with Gasteiger partial charge in [-0.15, -0.1) is 0 Å². The van der Waals surface area contributed by atoms with Gasteiger partial charge in [0.1, 0.15) is 11.5 Å². The van der Waals surface area contributed by atoms with Gasteiger partial charge in [0.15, 0.2) is 0 Å². The van der Waals surface area contributed by atoms with Crippen molar-refractivity contribution in [1.82, 2.24) is 0 Å². The summed E-state index contributed by atoms with van der Waals surface area (Å²) in [5.74, 6) is 1.10. The second kappa shape index (κ2) is 4.81. The van der Waals surface area contributed by atoms with Crippen molar-refractivity contribution in [2.24, 2.45) is 5.73 Å². The number of ether oxygens (including phenoxy) is 1. The van der Waals surface area contributed by atoms with Gasteiger partial charge in [0.2, 0.25) is 0 Å². The van der Waals surface area contributed by atoms with Crippen molar-refractivity contribution < 1.29 is 9.84 Å². The van der Waals surface area contributed by atoms with Crippen molar-refractivity contribution >= 4 is 0 Å². The molecule has 1 aromatic carbocycles. The first kappa shape index (κ1) is 14.8. The van der Waals surface area contributed by atoms with Gasteiger partial charge in [-0.2, -0.15) is 0 Å². The van der Waals surface area contributed by atoms with Gasteiger partial charge in [-0.3, -0.25) is 0 Å². The fourth-order valence-electron chi connectivity index (χ4n) is 1.98. The smallest absolute Gasteiger partial charge is 0.122 e. The molecule has 1 rings (SSSR count). The Labute approximate surface area is 110 Å². The molecule has 0 amide bonds. The summed E-state index contributed by atoms with van der Waals surface area (Å²) in [6.45, 7) is 10.1. The molecule has 3 nitrogen and oxygen atoms in total. The lowest BCUT2D eigenvalue weighted by Gasteiger charge is -2.25. The zero-order chi connectivity index (χ0) is 14.1. The molecule has 3 N–H and O–H groups in total. The Morgan fingerprint density at radius 2 is 1.72 bits per heavy atom. The Balaban J connectivity index is 3.34. The van der Waals surface area contributed by atoms with Crippen LogP contribution < -0.4 is 10.5 Å². The molecule has 0 unspecified atom stereocenters. The number of hydrogen-bond donors (Lipinski definition) is 2. The van der Waals surface area contributed by atoms with E-state index in [-0.39, 0.29) is 11.0 Å². The van der Waals surface area contributed by atoms with E-state index in [0.29, 0.717) is 12.2 Å². The Morgan fingerprint density at radius 1 is 1.17 bits per heavy atom. The minimum atomic E-state index is -0.362. The molecule has 0 saturated heterocycles. The van der Waals surface area contributed by atoms with E-state index in [4.69, 9.17) is 10.5 Å². The summed E-state index contributed by atoms with van der Waals surface area (Å²) >= 11 is 0. The number of hydrogen-bond acceptors (Lipinski definition) is 3.